The van der Waals surface area contributed by atoms with E-state index < -0.39 is 11.6 Å². The Bertz CT molecular complexity index is 2110. The van der Waals surface area contributed by atoms with Crippen molar-refractivity contribution in [2.24, 2.45) is 0 Å². The van der Waals surface area contributed by atoms with Gasteiger partial charge in [0, 0.05) is 45.1 Å². The number of carboxylic acid groups (broad SMARTS) is 1. The van der Waals surface area contributed by atoms with Crippen LogP contribution in [0.15, 0.2) is 77.7 Å². The van der Waals surface area contributed by atoms with Gasteiger partial charge >= 0.3 is 5.97 Å². The lowest BCUT2D eigenvalue weighted by Crippen LogP contribution is -2.23. The van der Waals surface area contributed by atoms with Gasteiger partial charge in [-0.05, 0) is 92.7 Å². The molecule has 0 aliphatic heterocycles. The number of carbonyl (C=O) groups is 1. The summed E-state index contributed by atoms with van der Waals surface area (Å²) in [4.78, 5) is 36.4. The Hall–Kier alpha value is -4.53. The van der Waals surface area contributed by atoms with Crippen molar-refractivity contribution in [3.8, 4) is 38.7 Å². The molecule has 6 rings (SSSR count). The zero-order valence-corrected chi connectivity index (χ0v) is 25.6. The van der Waals surface area contributed by atoms with Gasteiger partial charge in [-0.2, -0.15) is 0 Å². The fourth-order valence-corrected chi connectivity index (χ4v) is 6.46. The molecule has 3 aromatic carbocycles. The number of halogens is 1. The Labute approximate surface area is 256 Å². The van der Waals surface area contributed by atoms with Crippen molar-refractivity contribution in [3.63, 3.8) is 0 Å². The molecule has 0 aliphatic carbocycles. The Morgan fingerprint density at radius 3 is 2.58 bits per heavy atom. The number of hydrogen-bond acceptors (Lipinski definition) is 6. The molecule has 0 spiro atoms. The summed E-state index contributed by atoms with van der Waals surface area (Å²) >= 11 is 7.88. The summed E-state index contributed by atoms with van der Waals surface area (Å²) in [6.07, 6.45) is 1.59. The van der Waals surface area contributed by atoms with E-state index in [0.29, 0.717) is 16.3 Å². The maximum atomic E-state index is 12.0. The highest BCUT2D eigenvalue weighted by molar-refractivity contribution is 7.22. The van der Waals surface area contributed by atoms with E-state index in [1.807, 2.05) is 70.2 Å². The third-order valence-electron chi connectivity index (χ3n) is 7.00. The van der Waals surface area contributed by atoms with Crippen LogP contribution in [-0.4, -0.2) is 31.6 Å². The molecule has 0 amide bonds. The molecule has 0 radical (unpaired) electrons. The molecular weight excluding hydrogens is 582 g/mol. The third-order valence-corrected chi connectivity index (χ3v) is 8.37. The van der Waals surface area contributed by atoms with Crippen molar-refractivity contribution in [1.82, 2.24) is 15.0 Å². The minimum Gasteiger partial charge on any atom is -0.487 e. The van der Waals surface area contributed by atoms with Crippen LogP contribution < -0.4 is 10.3 Å². The fourth-order valence-electron chi connectivity index (χ4n) is 5.17. The molecule has 43 heavy (non-hydrogen) atoms. The van der Waals surface area contributed by atoms with Crippen LogP contribution in [0.2, 0.25) is 5.02 Å². The van der Waals surface area contributed by atoms with Crippen LogP contribution in [0.3, 0.4) is 0 Å². The Balaban J connectivity index is 1.53. The van der Waals surface area contributed by atoms with Gasteiger partial charge in [0.15, 0.2) is 0 Å². The minimum absolute atomic E-state index is 0.147. The number of thiazole rings is 1. The smallest absolute Gasteiger partial charge is 0.307 e. The van der Waals surface area contributed by atoms with E-state index in [0.717, 1.165) is 59.6 Å². The third kappa shape index (κ3) is 5.89. The van der Waals surface area contributed by atoms with Crippen molar-refractivity contribution >= 4 is 50.0 Å². The number of aromatic nitrogens is 3. The van der Waals surface area contributed by atoms with Gasteiger partial charge in [0.2, 0.25) is 5.56 Å². The van der Waals surface area contributed by atoms with Gasteiger partial charge in [0.25, 0.3) is 0 Å². The van der Waals surface area contributed by atoms with Crippen LogP contribution >= 0.6 is 22.9 Å². The van der Waals surface area contributed by atoms with E-state index >= 15 is 0 Å². The molecule has 2 N–H and O–H groups in total. The average Bonchev–Trinajstić information content (AvgIpc) is 3.36. The SMILES string of the molecule is Cc1cc2nc(-c3ccnc(-c4ccc5ccc(=O)[nH]c5c4)c3)sc2c(-c2ccc(Cl)cc2OC(C)(C)C)c1CC(=O)O. The number of hydrogen-bond donors (Lipinski definition) is 2. The van der Waals surface area contributed by atoms with Crippen molar-refractivity contribution < 1.29 is 14.6 Å². The molecule has 7 nitrogen and oxygen atoms in total. The first-order valence-corrected chi connectivity index (χ1v) is 14.9. The molecule has 9 heteroatoms. The number of carboxylic acids is 1. The molecular formula is C34H28ClN3O4S. The zero-order valence-electron chi connectivity index (χ0n) is 24.0. The molecule has 216 valence electrons. The topological polar surface area (TPSA) is 105 Å². The predicted octanol–water partition coefficient (Wildman–Crippen LogP) is 8.30. The van der Waals surface area contributed by atoms with Crippen molar-refractivity contribution in [1.29, 1.82) is 0 Å². The number of pyridine rings is 2. The number of aliphatic carboxylic acids is 1. The highest BCUT2D eigenvalue weighted by Gasteiger charge is 2.24. The summed E-state index contributed by atoms with van der Waals surface area (Å²) in [6, 6.07) is 20.4. The molecule has 0 saturated heterocycles. The summed E-state index contributed by atoms with van der Waals surface area (Å²) in [5.41, 5.74) is 6.40. The van der Waals surface area contributed by atoms with E-state index in [1.54, 1.807) is 24.4 Å². The van der Waals surface area contributed by atoms with Gasteiger partial charge in [-0.3, -0.25) is 14.6 Å². The molecule has 0 aliphatic rings. The molecule has 0 saturated carbocycles. The van der Waals surface area contributed by atoms with E-state index in [9.17, 15) is 14.7 Å². The van der Waals surface area contributed by atoms with E-state index in [1.165, 1.54) is 17.4 Å². The molecule has 3 heterocycles. The van der Waals surface area contributed by atoms with Crippen LogP contribution in [-0.2, 0) is 11.2 Å². The van der Waals surface area contributed by atoms with Gasteiger partial charge in [0.05, 0.1) is 22.3 Å². The number of ether oxygens (including phenoxy) is 1. The lowest BCUT2D eigenvalue weighted by molar-refractivity contribution is -0.136. The number of aromatic amines is 1. The van der Waals surface area contributed by atoms with Gasteiger partial charge in [-0.15, -0.1) is 11.3 Å². The zero-order chi connectivity index (χ0) is 30.5. The van der Waals surface area contributed by atoms with Crippen molar-refractivity contribution in [2.45, 2.75) is 39.7 Å². The number of benzene rings is 3. The maximum Gasteiger partial charge on any atom is 0.307 e. The monoisotopic (exact) mass is 609 g/mol. The second-order valence-electron chi connectivity index (χ2n) is 11.4. The second-order valence-corrected chi connectivity index (χ2v) is 12.8. The van der Waals surface area contributed by atoms with Gasteiger partial charge in [-0.25, -0.2) is 4.98 Å². The summed E-state index contributed by atoms with van der Waals surface area (Å²) in [5, 5.41) is 12.1. The van der Waals surface area contributed by atoms with Crippen LogP contribution in [0.25, 0.3) is 54.1 Å². The molecule has 6 aromatic rings. The molecule has 0 unspecified atom stereocenters. The molecule has 0 bridgehead atoms. The van der Waals surface area contributed by atoms with Crippen molar-refractivity contribution in [2.75, 3.05) is 0 Å². The van der Waals surface area contributed by atoms with Crippen molar-refractivity contribution in [3.05, 3.63) is 99.4 Å². The highest BCUT2D eigenvalue weighted by atomic mass is 35.5. The Morgan fingerprint density at radius 2 is 1.81 bits per heavy atom. The van der Waals surface area contributed by atoms with Gasteiger partial charge in [-0.1, -0.05) is 23.7 Å². The van der Waals surface area contributed by atoms with Gasteiger partial charge < -0.3 is 14.8 Å². The number of H-pyrrole nitrogens is 1. The summed E-state index contributed by atoms with van der Waals surface area (Å²) < 4.78 is 7.19. The second kappa shape index (κ2) is 10.9. The molecule has 3 aromatic heterocycles. The normalized spacial score (nSPS) is 11.7. The fraction of sp³-hybridized carbons (Fsp3) is 0.176. The van der Waals surface area contributed by atoms with Gasteiger partial charge in [0.1, 0.15) is 16.4 Å². The van der Waals surface area contributed by atoms with Crippen LogP contribution in [0, 0.1) is 6.92 Å². The first-order valence-electron chi connectivity index (χ1n) is 13.7. The van der Waals surface area contributed by atoms with Crippen LogP contribution in [0.4, 0.5) is 0 Å². The Morgan fingerprint density at radius 1 is 1.02 bits per heavy atom. The largest absolute Gasteiger partial charge is 0.487 e. The molecule has 0 atom stereocenters. The standard InChI is InChI=1S/C34H28ClN3O4S/c1-18-13-27-32(31(24(18)17-30(40)41)23-9-8-22(35)16-28(23)42-34(2,3)4)43-33(38-27)21-11-12-36-25(15-21)20-6-5-19-7-10-29(39)37-26(19)14-20/h5-16H,17H2,1-4H3,(H,37,39)(H,40,41). The van der Waals surface area contributed by atoms with E-state index in [4.69, 9.17) is 21.3 Å². The number of nitrogens with one attached hydrogen (secondary N) is 1. The van der Waals surface area contributed by atoms with E-state index in [-0.39, 0.29) is 12.0 Å². The lowest BCUT2D eigenvalue weighted by Gasteiger charge is -2.24. The van der Waals surface area contributed by atoms with E-state index in [2.05, 4.69) is 9.97 Å². The minimum atomic E-state index is -0.920. The lowest BCUT2D eigenvalue weighted by atomic mass is 9.92. The summed E-state index contributed by atoms with van der Waals surface area (Å²) in [7, 11) is 0. The van der Waals surface area contributed by atoms with Crippen LogP contribution in [0.1, 0.15) is 31.9 Å². The summed E-state index contributed by atoms with van der Waals surface area (Å²) in [6.45, 7) is 7.79. The first-order chi connectivity index (χ1) is 20.4. The predicted molar refractivity (Wildman–Crippen MR) is 173 cm³/mol. The number of nitrogens with zero attached hydrogens (tertiary/aromatic N) is 2. The number of fused-ring (bicyclic) bond motifs is 2. The Kier molecular flexibility index (Phi) is 7.28. The maximum absolute atomic E-state index is 12.0. The first kappa shape index (κ1) is 28.6. The average molecular weight is 610 g/mol. The molecule has 0 fully saturated rings. The quantitative estimate of drug-likeness (QED) is 0.197. The number of aryl methyl sites for hydroxylation is 1. The highest BCUT2D eigenvalue weighted by Crippen LogP contribution is 2.45. The summed E-state index contributed by atoms with van der Waals surface area (Å²) in [5.74, 6) is -0.342. The van der Waals surface area contributed by atoms with Crippen LogP contribution in [0.5, 0.6) is 5.75 Å². The number of rotatable bonds is 6.